The number of imidazole rings is 1. The van der Waals surface area contributed by atoms with Crippen molar-refractivity contribution < 1.29 is 0 Å². The van der Waals surface area contributed by atoms with Crippen LogP contribution in [0.5, 0.6) is 0 Å². The SMILES string of the molecule is CC(Cl)c1nc2cc(Br)cnc2n1C1C(C)(C)C1(C)C. The highest BCUT2D eigenvalue weighted by Gasteiger charge is 2.66. The minimum absolute atomic E-state index is 0.129. The molecule has 1 saturated carbocycles. The third kappa shape index (κ3) is 1.77. The standard InChI is InChI=1S/C15H19BrClN3/c1-8(17)11-19-10-6-9(16)7-18-12(10)20(11)13-14(2,3)15(13,4)5/h6-8,13H,1-5H3. The normalized spacial score (nSPS) is 22.1. The average Bonchev–Trinajstić information content (AvgIpc) is 2.64. The van der Waals surface area contributed by atoms with Crippen molar-refractivity contribution in [3.63, 3.8) is 0 Å². The van der Waals surface area contributed by atoms with E-state index in [1.807, 2.05) is 19.2 Å². The maximum atomic E-state index is 6.35. The molecule has 1 fully saturated rings. The number of hydrogen-bond acceptors (Lipinski definition) is 2. The molecule has 0 bridgehead atoms. The Morgan fingerprint density at radius 2 is 1.90 bits per heavy atom. The maximum Gasteiger partial charge on any atom is 0.160 e. The first-order valence-corrected chi connectivity index (χ1v) is 8.08. The molecule has 0 amide bonds. The van der Waals surface area contributed by atoms with Gasteiger partial charge in [-0.25, -0.2) is 9.97 Å². The van der Waals surface area contributed by atoms with E-state index in [0.717, 1.165) is 21.5 Å². The van der Waals surface area contributed by atoms with Crippen molar-refractivity contribution in [1.29, 1.82) is 0 Å². The van der Waals surface area contributed by atoms with Crippen LogP contribution in [0.2, 0.25) is 0 Å². The molecule has 0 spiro atoms. The second-order valence-corrected chi connectivity index (χ2v) is 8.37. The zero-order valence-corrected chi connectivity index (χ0v) is 14.7. The Morgan fingerprint density at radius 3 is 2.40 bits per heavy atom. The summed E-state index contributed by atoms with van der Waals surface area (Å²) in [5.41, 5.74) is 2.27. The number of hydrogen-bond donors (Lipinski definition) is 0. The fourth-order valence-electron chi connectivity index (χ4n) is 3.32. The van der Waals surface area contributed by atoms with E-state index in [2.05, 4.69) is 53.2 Å². The third-order valence-corrected chi connectivity index (χ3v) is 5.71. The number of fused-ring (bicyclic) bond motifs is 1. The Balaban J connectivity index is 2.27. The minimum atomic E-state index is -0.129. The summed E-state index contributed by atoms with van der Waals surface area (Å²) in [6.07, 6.45) is 1.82. The Kier molecular flexibility index (Phi) is 3.01. The van der Waals surface area contributed by atoms with Crippen molar-refractivity contribution in [2.45, 2.75) is 46.0 Å². The molecule has 5 heteroatoms. The highest BCUT2D eigenvalue weighted by molar-refractivity contribution is 9.10. The number of halogens is 2. The molecule has 108 valence electrons. The molecular weight excluding hydrogens is 338 g/mol. The van der Waals surface area contributed by atoms with Crippen LogP contribution >= 0.6 is 27.5 Å². The number of nitrogens with zero attached hydrogens (tertiary/aromatic N) is 3. The lowest BCUT2D eigenvalue weighted by molar-refractivity contribution is 0.457. The quantitative estimate of drug-likeness (QED) is 0.701. The Morgan fingerprint density at radius 1 is 1.30 bits per heavy atom. The van der Waals surface area contributed by atoms with Crippen molar-refractivity contribution in [2.24, 2.45) is 10.8 Å². The van der Waals surface area contributed by atoms with Gasteiger partial charge in [-0.1, -0.05) is 27.7 Å². The fourth-order valence-corrected chi connectivity index (χ4v) is 3.79. The predicted octanol–water partition coefficient (Wildman–Crippen LogP) is 5.10. The smallest absolute Gasteiger partial charge is 0.160 e. The van der Waals surface area contributed by atoms with Crippen LogP contribution in [0.3, 0.4) is 0 Å². The first-order valence-electron chi connectivity index (χ1n) is 6.85. The highest BCUT2D eigenvalue weighted by Crippen LogP contribution is 2.72. The molecule has 2 heterocycles. The van der Waals surface area contributed by atoms with Gasteiger partial charge in [-0.05, 0) is 39.8 Å². The van der Waals surface area contributed by atoms with Crippen LogP contribution in [-0.4, -0.2) is 14.5 Å². The van der Waals surface area contributed by atoms with Crippen LogP contribution < -0.4 is 0 Å². The van der Waals surface area contributed by atoms with E-state index in [9.17, 15) is 0 Å². The zero-order valence-electron chi connectivity index (χ0n) is 12.4. The monoisotopic (exact) mass is 355 g/mol. The summed E-state index contributed by atoms with van der Waals surface area (Å²) in [6, 6.07) is 2.38. The molecule has 1 aliphatic rings. The Bertz CT molecular complexity index is 674. The fraction of sp³-hybridized carbons (Fsp3) is 0.600. The van der Waals surface area contributed by atoms with Gasteiger partial charge in [0.2, 0.25) is 0 Å². The lowest BCUT2D eigenvalue weighted by atomic mass is 10.0. The molecule has 3 rings (SSSR count). The molecule has 2 aromatic rings. The van der Waals surface area contributed by atoms with Crippen LogP contribution in [-0.2, 0) is 0 Å². The van der Waals surface area contributed by atoms with Crippen LogP contribution in [0.25, 0.3) is 11.2 Å². The topological polar surface area (TPSA) is 30.7 Å². The van der Waals surface area contributed by atoms with E-state index >= 15 is 0 Å². The highest BCUT2D eigenvalue weighted by atomic mass is 79.9. The maximum absolute atomic E-state index is 6.35. The first kappa shape index (κ1) is 14.3. The summed E-state index contributed by atoms with van der Waals surface area (Å²) >= 11 is 9.81. The van der Waals surface area contributed by atoms with Gasteiger partial charge in [-0.15, -0.1) is 11.6 Å². The molecule has 0 saturated heterocycles. The molecular formula is C15H19BrClN3. The van der Waals surface area contributed by atoms with E-state index < -0.39 is 0 Å². The van der Waals surface area contributed by atoms with E-state index in [4.69, 9.17) is 16.6 Å². The molecule has 0 aliphatic heterocycles. The number of rotatable bonds is 2. The molecule has 2 aromatic heterocycles. The second-order valence-electron chi connectivity index (χ2n) is 6.80. The molecule has 1 aliphatic carbocycles. The molecule has 3 nitrogen and oxygen atoms in total. The van der Waals surface area contributed by atoms with Crippen LogP contribution in [0.15, 0.2) is 16.7 Å². The van der Waals surface area contributed by atoms with Gasteiger partial charge in [-0.2, -0.15) is 0 Å². The first-order chi connectivity index (χ1) is 9.18. The van der Waals surface area contributed by atoms with E-state index in [1.54, 1.807) is 0 Å². The van der Waals surface area contributed by atoms with Crippen molar-refractivity contribution in [3.05, 3.63) is 22.6 Å². The minimum Gasteiger partial charge on any atom is -0.307 e. The molecule has 20 heavy (non-hydrogen) atoms. The van der Waals surface area contributed by atoms with Crippen molar-refractivity contribution in [2.75, 3.05) is 0 Å². The number of alkyl halides is 1. The van der Waals surface area contributed by atoms with Crippen LogP contribution in [0, 0.1) is 10.8 Å². The Hall–Kier alpha value is -0.610. The van der Waals surface area contributed by atoms with Crippen LogP contribution in [0.4, 0.5) is 0 Å². The summed E-state index contributed by atoms with van der Waals surface area (Å²) in [5.74, 6) is 0.913. The van der Waals surface area contributed by atoms with Gasteiger partial charge in [0.05, 0.1) is 5.38 Å². The van der Waals surface area contributed by atoms with Gasteiger partial charge in [0.1, 0.15) is 11.3 Å². The van der Waals surface area contributed by atoms with Gasteiger partial charge in [0, 0.05) is 16.7 Å². The summed E-state index contributed by atoms with van der Waals surface area (Å²) in [4.78, 5) is 9.27. The zero-order chi connectivity index (χ0) is 14.9. The summed E-state index contributed by atoms with van der Waals surface area (Å²) in [7, 11) is 0. The van der Waals surface area contributed by atoms with E-state index in [-0.39, 0.29) is 16.2 Å². The largest absolute Gasteiger partial charge is 0.307 e. The lowest BCUT2D eigenvalue weighted by Crippen LogP contribution is -2.07. The molecule has 1 unspecified atom stereocenters. The van der Waals surface area contributed by atoms with Crippen molar-refractivity contribution in [3.8, 4) is 0 Å². The van der Waals surface area contributed by atoms with Gasteiger partial charge in [0.25, 0.3) is 0 Å². The summed E-state index contributed by atoms with van der Waals surface area (Å²) < 4.78 is 3.19. The summed E-state index contributed by atoms with van der Waals surface area (Å²) in [6.45, 7) is 11.2. The second kappa shape index (κ2) is 4.20. The molecule has 0 radical (unpaired) electrons. The number of pyridine rings is 1. The van der Waals surface area contributed by atoms with Gasteiger partial charge in [0.15, 0.2) is 5.65 Å². The van der Waals surface area contributed by atoms with E-state index in [1.165, 1.54) is 0 Å². The Labute approximate surface area is 132 Å². The third-order valence-electron chi connectivity index (χ3n) is 5.08. The van der Waals surface area contributed by atoms with Crippen molar-refractivity contribution in [1.82, 2.24) is 14.5 Å². The van der Waals surface area contributed by atoms with Gasteiger partial charge < -0.3 is 4.57 Å². The lowest BCUT2D eigenvalue weighted by Gasteiger charge is -2.12. The predicted molar refractivity (Wildman–Crippen MR) is 86.1 cm³/mol. The summed E-state index contributed by atoms with van der Waals surface area (Å²) in [5, 5.41) is -0.129. The molecule has 0 aromatic carbocycles. The van der Waals surface area contributed by atoms with Crippen LogP contribution in [0.1, 0.15) is 51.9 Å². The van der Waals surface area contributed by atoms with Gasteiger partial charge >= 0.3 is 0 Å². The molecule has 0 N–H and O–H groups in total. The number of aromatic nitrogens is 3. The van der Waals surface area contributed by atoms with E-state index in [0.29, 0.717) is 6.04 Å². The molecule has 1 atom stereocenters. The van der Waals surface area contributed by atoms with Gasteiger partial charge in [-0.3, -0.25) is 0 Å². The van der Waals surface area contributed by atoms with Crippen molar-refractivity contribution >= 4 is 38.7 Å². The average molecular weight is 357 g/mol.